The van der Waals surface area contributed by atoms with Crippen molar-refractivity contribution in [3.8, 4) is 11.5 Å². The van der Waals surface area contributed by atoms with Gasteiger partial charge in [0.25, 0.3) is 0 Å². The molecule has 0 saturated carbocycles. The first kappa shape index (κ1) is 18.9. The molecule has 2 aromatic carbocycles. The highest BCUT2D eigenvalue weighted by atomic mass is 32.2. The van der Waals surface area contributed by atoms with Crippen molar-refractivity contribution < 1.29 is 22.3 Å². The van der Waals surface area contributed by atoms with Crippen LogP contribution >= 0.6 is 0 Å². The number of hydrogen-bond acceptors (Lipinski definition) is 6. The molecule has 0 spiro atoms. The first-order valence-electron chi connectivity index (χ1n) is 8.18. The van der Waals surface area contributed by atoms with Gasteiger partial charge in [-0.15, -0.1) is 0 Å². The van der Waals surface area contributed by atoms with E-state index in [-0.39, 0.29) is 18.1 Å². The molecular formula is C19H19NO6S. The van der Waals surface area contributed by atoms with Crippen molar-refractivity contribution in [2.24, 2.45) is 0 Å². The molecule has 0 fully saturated rings. The van der Waals surface area contributed by atoms with Crippen LogP contribution in [0.5, 0.6) is 11.5 Å². The van der Waals surface area contributed by atoms with Gasteiger partial charge in [0.1, 0.15) is 30.3 Å². The van der Waals surface area contributed by atoms with Crippen LogP contribution in [-0.2, 0) is 10.0 Å². The molecule has 0 unspecified atom stereocenters. The summed E-state index contributed by atoms with van der Waals surface area (Å²) in [7, 11) is -0.492. The molecule has 0 amide bonds. The summed E-state index contributed by atoms with van der Waals surface area (Å²) in [5, 5.41) is 0.811. The van der Waals surface area contributed by atoms with Crippen LogP contribution in [0.15, 0.2) is 68.7 Å². The van der Waals surface area contributed by atoms with E-state index in [1.807, 2.05) is 0 Å². The zero-order chi connectivity index (χ0) is 19.4. The van der Waals surface area contributed by atoms with Gasteiger partial charge in [-0.1, -0.05) is 0 Å². The van der Waals surface area contributed by atoms with E-state index in [9.17, 15) is 13.2 Å². The van der Waals surface area contributed by atoms with Crippen molar-refractivity contribution in [2.45, 2.75) is 4.90 Å². The molecule has 0 aliphatic rings. The summed E-state index contributed by atoms with van der Waals surface area (Å²) in [6.07, 6.45) is 0. The Morgan fingerprint density at radius 1 is 0.889 bits per heavy atom. The van der Waals surface area contributed by atoms with Crippen LogP contribution in [0.3, 0.4) is 0 Å². The lowest BCUT2D eigenvalue weighted by atomic mass is 10.2. The maximum Gasteiger partial charge on any atom is 0.336 e. The quantitative estimate of drug-likeness (QED) is 0.456. The molecule has 8 heteroatoms. The van der Waals surface area contributed by atoms with Crippen LogP contribution in [0.4, 0.5) is 0 Å². The maximum absolute atomic E-state index is 12.0. The van der Waals surface area contributed by atoms with Crippen LogP contribution in [0.2, 0.25) is 0 Å². The summed E-state index contributed by atoms with van der Waals surface area (Å²) in [6.45, 7) is 0.552. The Labute approximate surface area is 156 Å². The van der Waals surface area contributed by atoms with Crippen LogP contribution in [-0.4, -0.2) is 40.0 Å². The van der Waals surface area contributed by atoms with Crippen LogP contribution in [0.25, 0.3) is 11.0 Å². The third-order valence-electron chi connectivity index (χ3n) is 3.82. The molecule has 1 aromatic heterocycles. The maximum atomic E-state index is 12.0. The number of ether oxygens (including phenoxy) is 2. The average molecular weight is 389 g/mol. The monoisotopic (exact) mass is 389 g/mol. The zero-order valence-corrected chi connectivity index (χ0v) is 15.7. The molecule has 0 radical (unpaired) electrons. The second-order valence-electron chi connectivity index (χ2n) is 5.91. The molecule has 0 saturated heterocycles. The first-order valence-corrected chi connectivity index (χ1v) is 9.62. The topological polar surface area (TPSA) is 86.0 Å². The van der Waals surface area contributed by atoms with Gasteiger partial charge in [0.2, 0.25) is 10.0 Å². The van der Waals surface area contributed by atoms with E-state index in [2.05, 4.69) is 0 Å². The average Bonchev–Trinajstić information content (AvgIpc) is 2.65. The van der Waals surface area contributed by atoms with Crippen LogP contribution in [0.1, 0.15) is 0 Å². The van der Waals surface area contributed by atoms with Crippen molar-refractivity contribution >= 4 is 21.0 Å². The molecule has 3 rings (SSSR count). The summed E-state index contributed by atoms with van der Waals surface area (Å²) in [4.78, 5) is 11.5. The van der Waals surface area contributed by atoms with E-state index in [4.69, 9.17) is 13.9 Å². The molecule has 142 valence electrons. The highest BCUT2D eigenvalue weighted by Gasteiger charge is 2.16. The minimum absolute atomic E-state index is 0.203. The third-order valence-corrected chi connectivity index (χ3v) is 5.65. The van der Waals surface area contributed by atoms with Gasteiger partial charge in [0.15, 0.2) is 0 Å². The fraction of sp³-hybridized carbons (Fsp3) is 0.211. The standard InChI is InChI=1S/C19H19NO6S/c1-20(2)27(22,23)17-8-6-15(7-9-17)24-11-12-25-16-5-3-14-4-10-19(21)26-18(14)13-16/h3-10,13H,11-12H2,1-2H3. The minimum Gasteiger partial charge on any atom is -0.490 e. The second-order valence-corrected chi connectivity index (χ2v) is 8.06. The Morgan fingerprint density at radius 2 is 1.48 bits per heavy atom. The van der Waals surface area contributed by atoms with E-state index < -0.39 is 15.6 Å². The van der Waals surface area contributed by atoms with E-state index in [1.165, 1.54) is 32.3 Å². The largest absolute Gasteiger partial charge is 0.490 e. The molecule has 3 aromatic rings. The lowest BCUT2D eigenvalue weighted by Crippen LogP contribution is -2.22. The Morgan fingerprint density at radius 3 is 2.15 bits per heavy atom. The molecule has 0 bridgehead atoms. The molecule has 1 heterocycles. The van der Waals surface area contributed by atoms with E-state index in [1.54, 1.807) is 36.4 Å². The van der Waals surface area contributed by atoms with E-state index in [0.717, 1.165) is 9.69 Å². The summed E-state index contributed by atoms with van der Waals surface area (Å²) in [5.41, 5.74) is 0.0429. The Bertz CT molecular complexity index is 1090. The van der Waals surface area contributed by atoms with Gasteiger partial charge in [0.05, 0.1) is 4.90 Å². The Balaban J connectivity index is 1.55. The molecule has 0 N–H and O–H groups in total. The van der Waals surface area contributed by atoms with Crippen molar-refractivity contribution in [2.75, 3.05) is 27.3 Å². The van der Waals surface area contributed by atoms with Gasteiger partial charge in [-0.3, -0.25) is 0 Å². The first-order chi connectivity index (χ1) is 12.9. The van der Waals surface area contributed by atoms with Gasteiger partial charge in [-0.05, 0) is 42.5 Å². The predicted octanol–water partition coefficient (Wildman–Crippen LogP) is 2.50. The fourth-order valence-corrected chi connectivity index (χ4v) is 3.27. The van der Waals surface area contributed by atoms with E-state index >= 15 is 0 Å². The van der Waals surface area contributed by atoms with Crippen LogP contribution in [0, 0.1) is 0 Å². The number of hydrogen-bond donors (Lipinski definition) is 0. The van der Waals surface area contributed by atoms with Gasteiger partial charge < -0.3 is 13.9 Å². The van der Waals surface area contributed by atoms with Crippen molar-refractivity contribution in [3.05, 3.63) is 65.0 Å². The third kappa shape index (κ3) is 4.47. The SMILES string of the molecule is CN(C)S(=O)(=O)c1ccc(OCCOc2ccc3ccc(=O)oc3c2)cc1. The molecule has 0 aliphatic carbocycles. The summed E-state index contributed by atoms with van der Waals surface area (Å²) in [6, 6.07) is 14.5. The molecule has 27 heavy (non-hydrogen) atoms. The number of sulfonamides is 1. The Hall–Kier alpha value is -2.84. The Kier molecular flexibility index (Phi) is 5.48. The lowest BCUT2D eigenvalue weighted by molar-refractivity contribution is 0.217. The van der Waals surface area contributed by atoms with E-state index in [0.29, 0.717) is 17.1 Å². The smallest absolute Gasteiger partial charge is 0.336 e. The van der Waals surface area contributed by atoms with Crippen molar-refractivity contribution in [3.63, 3.8) is 0 Å². The van der Waals surface area contributed by atoms with Crippen molar-refractivity contribution in [1.82, 2.24) is 4.31 Å². The fourth-order valence-electron chi connectivity index (χ4n) is 2.37. The second kappa shape index (κ2) is 7.81. The molecular weight excluding hydrogens is 370 g/mol. The zero-order valence-electron chi connectivity index (χ0n) is 14.9. The molecule has 0 atom stereocenters. The highest BCUT2D eigenvalue weighted by Crippen LogP contribution is 2.20. The summed E-state index contributed by atoms with van der Waals surface area (Å²) in [5.74, 6) is 1.11. The predicted molar refractivity (Wildman–Crippen MR) is 101 cm³/mol. The summed E-state index contributed by atoms with van der Waals surface area (Å²) >= 11 is 0. The van der Waals surface area contributed by atoms with Gasteiger partial charge in [0, 0.05) is 31.6 Å². The number of rotatable bonds is 7. The summed E-state index contributed by atoms with van der Waals surface area (Å²) < 4.78 is 41.4. The van der Waals surface area contributed by atoms with Crippen LogP contribution < -0.4 is 15.1 Å². The van der Waals surface area contributed by atoms with Crippen molar-refractivity contribution in [1.29, 1.82) is 0 Å². The van der Waals surface area contributed by atoms with Gasteiger partial charge in [-0.2, -0.15) is 0 Å². The highest BCUT2D eigenvalue weighted by molar-refractivity contribution is 7.89. The number of fused-ring (bicyclic) bond motifs is 1. The van der Waals surface area contributed by atoms with Gasteiger partial charge >= 0.3 is 5.63 Å². The molecule has 7 nitrogen and oxygen atoms in total. The normalized spacial score (nSPS) is 11.7. The lowest BCUT2D eigenvalue weighted by Gasteiger charge is -2.12. The minimum atomic E-state index is -3.45. The number of nitrogens with zero attached hydrogens (tertiary/aromatic N) is 1. The van der Waals surface area contributed by atoms with Gasteiger partial charge in [-0.25, -0.2) is 17.5 Å². The number of benzene rings is 2. The molecule has 0 aliphatic heterocycles.